The standard InChI is InChI=1S/C12H13NO3/c1-8-12(16-11(7-14)13-8)9-4-3-5-10(6-9)15-2/h3-6,14H,7H2,1-2H3. The summed E-state index contributed by atoms with van der Waals surface area (Å²) in [5.74, 6) is 1.76. The monoisotopic (exact) mass is 219 g/mol. The Morgan fingerprint density at radius 2 is 2.25 bits per heavy atom. The maximum Gasteiger partial charge on any atom is 0.220 e. The number of nitrogens with zero attached hydrogens (tertiary/aromatic N) is 1. The Hall–Kier alpha value is -1.81. The molecule has 1 aromatic heterocycles. The van der Waals surface area contributed by atoms with Gasteiger partial charge in [-0.25, -0.2) is 4.98 Å². The van der Waals surface area contributed by atoms with E-state index in [4.69, 9.17) is 14.3 Å². The molecule has 1 N–H and O–H groups in total. The third kappa shape index (κ3) is 1.92. The maximum absolute atomic E-state index is 8.94. The summed E-state index contributed by atoms with van der Waals surface area (Å²) in [5.41, 5.74) is 1.65. The van der Waals surface area contributed by atoms with Crippen LogP contribution in [-0.2, 0) is 6.61 Å². The average Bonchev–Trinajstić information content (AvgIpc) is 2.71. The Balaban J connectivity index is 2.45. The van der Waals surface area contributed by atoms with Crippen molar-refractivity contribution in [2.45, 2.75) is 13.5 Å². The van der Waals surface area contributed by atoms with Crippen molar-refractivity contribution in [2.24, 2.45) is 0 Å². The Morgan fingerprint density at radius 3 is 2.88 bits per heavy atom. The molecule has 0 aliphatic heterocycles. The van der Waals surface area contributed by atoms with Crippen LogP contribution in [0.1, 0.15) is 11.6 Å². The lowest BCUT2D eigenvalue weighted by Crippen LogP contribution is -1.84. The molecule has 0 bridgehead atoms. The predicted molar refractivity (Wildman–Crippen MR) is 59.2 cm³/mol. The molecular formula is C12H13NO3. The van der Waals surface area contributed by atoms with Crippen molar-refractivity contribution in [3.8, 4) is 17.1 Å². The van der Waals surface area contributed by atoms with Crippen LogP contribution in [0.4, 0.5) is 0 Å². The molecule has 1 heterocycles. The van der Waals surface area contributed by atoms with Crippen LogP contribution in [0.15, 0.2) is 28.7 Å². The fourth-order valence-electron chi connectivity index (χ4n) is 1.55. The minimum Gasteiger partial charge on any atom is -0.497 e. The van der Waals surface area contributed by atoms with Gasteiger partial charge in [0.2, 0.25) is 5.89 Å². The quantitative estimate of drug-likeness (QED) is 0.859. The second kappa shape index (κ2) is 4.37. The summed E-state index contributed by atoms with van der Waals surface area (Å²) >= 11 is 0. The highest BCUT2D eigenvalue weighted by molar-refractivity contribution is 5.61. The number of hydrogen-bond acceptors (Lipinski definition) is 4. The van der Waals surface area contributed by atoms with Gasteiger partial charge in [-0.3, -0.25) is 0 Å². The fourth-order valence-corrected chi connectivity index (χ4v) is 1.55. The summed E-state index contributed by atoms with van der Waals surface area (Å²) in [6, 6.07) is 7.53. The molecule has 2 aromatic rings. The molecule has 16 heavy (non-hydrogen) atoms. The normalized spacial score (nSPS) is 10.4. The van der Waals surface area contributed by atoms with Crippen molar-refractivity contribution in [3.63, 3.8) is 0 Å². The minimum atomic E-state index is -0.190. The molecule has 0 saturated carbocycles. The van der Waals surface area contributed by atoms with Crippen molar-refractivity contribution in [1.29, 1.82) is 0 Å². The van der Waals surface area contributed by atoms with E-state index in [-0.39, 0.29) is 6.61 Å². The first-order chi connectivity index (χ1) is 7.74. The molecule has 4 nitrogen and oxygen atoms in total. The van der Waals surface area contributed by atoms with Crippen LogP contribution in [0.25, 0.3) is 11.3 Å². The van der Waals surface area contributed by atoms with Gasteiger partial charge in [0, 0.05) is 5.56 Å². The van der Waals surface area contributed by atoms with Gasteiger partial charge in [0.1, 0.15) is 12.4 Å². The second-order valence-corrected chi connectivity index (χ2v) is 3.41. The van der Waals surface area contributed by atoms with Gasteiger partial charge in [0.15, 0.2) is 5.76 Å². The first kappa shape index (κ1) is 10.7. The molecule has 4 heteroatoms. The Kier molecular flexibility index (Phi) is 2.92. The molecule has 0 atom stereocenters. The Bertz CT molecular complexity index is 491. The summed E-state index contributed by atoms with van der Waals surface area (Å²) in [6.45, 7) is 1.66. The minimum absolute atomic E-state index is 0.190. The first-order valence-corrected chi connectivity index (χ1v) is 4.96. The zero-order chi connectivity index (χ0) is 11.5. The van der Waals surface area contributed by atoms with Crippen LogP contribution in [0.5, 0.6) is 5.75 Å². The number of rotatable bonds is 3. The largest absolute Gasteiger partial charge is 0.497 e. The van der Waals surface area contributed by atoms with Crippen LogP contribution in [0.2, 0.25) is 0 Å². The number of aryl methyl sites for hydroxylation is 1. The Labute approximate surface area is 93.5 Å². The van der Waals surface area contributed by atoms with Gasteiger partial charge in [0.25, 0.3) is 0 Å². The van der Waals surface area contributed by atoms with Gasteiger partial charge >= 0.3 is 0 Å². The molecule has 0 unspecified atom stereocenters. The zero-order valence-corrected chi connectivity index (χ0v) is 9.23. The van der Waals surface area contributed by atoms with E-state index < -0.39 is 0 Å². The molecule has 0 fully saturated rings. The van der Waals surface area contributed by atoms with E-state index in [1.54, 1.807) is 7.11 Å². The number of hydrogen-bond donors (Lipinski definition) is 1. The van der Waals surface area contributed by atoms with Crippen LogP contribution >= 0.6 is 0 Å². The summed E-state index contributed by atoms with van der Waals surface area (Å²) in [5, 5.41) is 8.94. The predicted octanol–water partition coefficient (Wildman–Crippen LogP) is 2.15. The van der Waals surface area contributed by atoms with Crippen LogP contribution < -0.4 is 4.74 Å². The van der Waals surface area contributed by atoms with E-state index in [9.17, 15) is 0 Å². The lowest BCUT2D eigenvalue weighted by atomic mass is 10.1. The van der Waals surface area contributed by atoms with Crippen molar-refractivity contribution >= 4 is 0 Å². The second-order valence-electron chi connectivity index (χ2n) is 3.41. The third-order valence-corrected chi connectivity index (χ3v) is 2.31. The highest BCUT2D eigenvalue weighted by Crippen LogP contribution is 2.27. The number of oxazole rings is 1. The molecular weight excluding hydrogens is 206 g/mol. The number of aliphatic hydroxyl groups is 1. The third-order valence-electron chi connectivity index (χ3n) is 2.31. The van der Waals surface area contributed by atoms with Gasteiger partial charge in [0.05, 0.1) is 12.8 Å². The summed E-state index contributed by atoms with van der Waals surface area (Å²) < 4.78 is 10.6. The van der Waals surface area contributed by atoms with Gasteiger partial charge in [-0.2, -0.15) is 0 Å². The number of aromatic nitrogens is 1. The lowest BCUT2D eigenvalue weighted by Gasteiger charge is -2.01. The van der Waals surface area contributed by atoms with E-state index in [0.717, 1.165) is 17.0 Å². The molecule has 0 spiro atoms. The summed E-state index contributed by atoms with van der Waals surface area (Å²) in [6.07, 6.45) is 0. The van der Waals surface area contributed by atoms with Gasteiger partial charge in [-0.1, -0.05) is 12.1 Å². The van der Waals surface area contributed by atoms with E-state index in [2.05, 4.69) is 4.98 Å². The van der Waals surface area contributed by atoms with E-state index in [1.807, 2.05) is 31.2 Å². The van der Waals surface area contributed by atoms with E-state index in [1.165, 1.54) is 0 Å². The molecule has 0 amide bonds. The molecule has 0 aliphatic rings. The lowest BCUT2D eigenvalue weighted by molar-refractivity contribution is 0.241. The molecule has 1 aromatic carbocycles. The summed E-state index contributed by atoms with van der Waals surface area (Å²) in [7, 11) is 1.62. The SMILES string of the molecule is COc1cccc(-c2oc(CO)nc2C)c1. The molecule has 0 aliphatic carbocycles. The summed E-state index contributed by atoms with van der Waals surface area (Å²) in [4.78, 5) is 4.10. The van der Waals surface area contributed by atoms with Crippen molar-refractivity contribution in [1.82, 2.24) is 4.98 Å². The maximum atomic E-state index is 8.94. The fraction of sp³-hybridized carbons (Fsp3) is 0.250. The van der Waals surface area contributed by atoms with Gasteiger partial charge < -0.3 is 14.3 Å². The topological polar surface area (TPSA) is 55.5 Å². The van der Waals surface area contributed by atoms with Gasteiger partial charge in [-0.05, 0) is 19.1 Å². The highest BCUT2D eigenvalue weighted by Gasteiger charge is 2.11. The van der Waals surface area contributed by atoms with Crippen molar-refractivity contribution in [3.05, 3.63) is 35.9 Å². The van der Waals surface area contributed by atoms with E-state index >= 15 is 0 Å². The first-order valence-electron chi connectivity index (χ1n) is 4.96. The molecule has 0 saturated heterocycles. The van der Waals surface area contributed by atoms with Crippen molar-refractivity contribution < 1.29 is 14.3 Å². The van der Waals surface area contributed by atoms with E-state index in [0.29, 0.717) is 11.7 Å². The number of methoxy groups -OCH3 is 1. The van der Waals surface area contributed by atoms with Crippen LogP contribution in [-0.4, -0.2) is 17.2 Å². The van der Waals surface area contributed by atoms with Crippen LogP contribution in [0, 0.1) is 6.92 Å². The smallest absolute Gasteiger partial charge is 0.220 e. The van der Waals surface area contributed by atoms with Gasteiger partial charge in [-0.15, -0.1) is 0 Å². The molecule has 2 rings (SSSR count). The van der Waals surface area contributed by atoms with Crippen molar-refractivity contribution in [2.75, 3.05) is 7.11 Å². The molecule has 0 radical (unpaired) electrons. The highest BCUT2D eigenvalue weighted by atomic mass is 16.5. The van der Waals surface area contributed by atoms with Crippen LogP contribution in [0.3, 0.4) is 0 Å². The average molecular weight is 219 g/mol. The Morgan fingerprint density at radius 1 is 1.44 bits per heavy atom. The molecule has 84 valence electrons. The zero-order valence-electron chi connectivity index (χ0n) is 9.23. The number of aliphatic hydroxyl groups excluding tert-OH is 1. The number of benzene rings is 1. The number of ether oxygens (including phenoxy) is 1.